The van der Waals surface area contributed by atoms with Gasteiger partial charge in [-0.2, -0.15) is 0 Å². The van der Waals surface area contributed by atoms with E-state index in [0.29, 0.717) is 24.4 Å². The van der Waals surface area contributed by atoms with Gasteiger partial charge in [0.25, 0.3) is 0 Å². The molecule has 0 saturated heterocycles. The van der Waals surface area contributed by atoms with E-state index in [1.807, 2.05) is 0 Å². The highest BCUT2D eigenvalue weighted by molar-refractivity contribution is 6.32. The molecular formula is C8H9ClFN3. The maximum atomic E-state index is 13.5. The molecule has 0 radical (unpaired) electrons. The monoisotopic (exact) mass is 201 g/mol. The predicted molar refractivity (Wildman–Crippen MR) is 48.6 cm³/mol. The van der Waals surface area contributed by atoms with E-state index in [1.54, 1.807) is 10.9 Å². The van der Waals surface area contributed by atoms with E-state index < -0.39 is 0 Å². The van der Waals surface area contributed by atoms with Gasteiger partial charge in [0.05, 0.1) is 17.1 Å². The second kappa shape index (κ2) is 3.12. The SMILES string of the molecule is NCc1ncn2c1C(F)=C(Cl)CC2. The summed E-state index contributed by atoms with van der Waals surface area (Å²) in [7, 11) is 0. The number of halogens is 2. The molecule has 3 nitrogen and oxygen atoms in total. The lowest BCUT2D eigenvalue weighted by molar-refractivity contribution is 0.628. The van der Waals surface area contributed by atoms with Crippen molar-refractivity contribution in [1.82, 2.24) is 9.55 Å². The molecule has 2 heterocycles. The lowest BCUT2D eigenvalue weighted by Crippen LogP contribution is -2.09. The molecule has 0 amide bonds. The van der Waals surface area contributed by atoms with Crippen LogP contribution in [0.25, 0.3) is 5.83 Å². The summed E-state index contributed by atoms with van der Waals surface area (Å²) in [5.41, 5.74) is 6.43. The number of aromatic nitrogens is 2. The van der Waals surface area contributed by atoms with Crippen LogP contribution in [0.1, 0.15) is 17.8 Å². The minimum atomic E-state index is -0.383. The highest BCUT2D eigenvalue weighted by Gasteiger charge is 2.21. The van der Waals surface area contributed by atoms with Crippen molar-refractivity contribution in [1.29, 1.82) is 0 Å². The van der Waals surface area contributed by atoms with E-state index >= 15 is 0 Å². The Bertz CT molecular complexity index is 369. The van der Waals surface area contributed by atoms with Gasteiger partial charge in [-0.25, -0.2) is 9.37 Å². The van der Waals surface area contributed by atoms with Crippen molar-refractivity contribution in [3.05, 3.63) is 22.7 Å². The zero-order chi connectivity index (χ0) is 9.42. The van der Waals surface area contributed by atoms with Crippen LogP contribution < -0.4 is 5.73 Å². The number of nitrogens with zero attached hydrogens (tertiary/aromatic N) is 2. The molecular weight excluding hydrogens is 193 g/mol. The summed E-state index contributed by atoms with van der Waals surface area (Å²) in [5.74, 6) is -0.383. The van der Waals surface area contributed by atoms with Crippen molar-refractivity contribution in [3.8, 4) is 0 Å². The van der Waals surface area contributed by atoms with E-state index in [9.17, 15) is 4.39 Å². The first-order chi connectivity index (χ1) is 6.24. The molecule has 1 aliphatic heterocycles. The minimum Gasteiger partial charge on any atom is -0.328 e. The van der Waals surface area contributed by atoms with E-state index in [0.717, 1.165) is 0 Å². The first kappa shape index (κ1) is 8.72. The number of hydrogen-bond acceptors (Lipinski definition) is 2. The van der Waals surface area contributed by atoms with Crippen molar-refractivity contribution in [3.63, 3.8) is 0 Å². The van der Waals surface area contributed by atoms with Crippen LogP contribution in [0, 0.1) is 0 Å². The number of aryl methyl sites for hydroxylation is 1. The summed E-state index contributed by atoms with van der Waals surface area (Å²) < 4.78 is 15.2. The minimum absolute atomic E-state index is 0.236. The lowest BCUT2D eigenvalue weighted by Gasteiger charge is -2.14. The molecule has 13 heavy (non-hydrogen) atoms. The fourth-order valence-corrected chi connectivity index (χ4v) is 1.63. The fraction of sp³-hybridized carbons (Fsp3) is 0.375. The number of fused-ring (bicyclic) bond motifs is 1. The smallest absolute Gasteiger partial charge is 0.163 e. The summed E-state index contributed by atoms with van der Waals surface area (Å²) in [6.45, 7) is 0.911. The molecule has 1 aromatic rings. The van der Waals surface area contributed by atoms with Crippen molar-refractivity contribution in [2.45, 2.75) is 19.5 Å². The second-order valence-corrected chi connectivity index (χ2v) is 3.36. The quantitative estimate of drug-likeness (QED) is 0.751. The zero-order valence-corrected chi connectivity index (χ0v) is 7.68. The number of allylic oxidation sites excluding steroid dienone is 1. The zero-order valence-electron chi connectivity index (χ0n) is 6.93. The molecule has 0 spiro atoms. The average Bonchev–Trinajstić information content (AvgIpc) is 2.55. The number of hydrogen-bond donors (Lipinski definition) is 1. The van der Waals surface area contributed by atoms with Crippen molar-refractivity contribution in [2.24, 2.45) is 5.73 Å². The largest absolute Gasteiger partial charge is 0.328 e. The Morgan fingerprint density at radius 1 is 1.69 bits per heavy atom. The van der Waals surface area contributed by atoms with Gasteiger partial charge in [-0.05, 0) is 0 Å². The molecule has 0 atom stereocenters. The van der Waals surface area contributed by atoms with Gasteiger partial charge in [-0.15, -0.1) is 0 Å². The first-order valence-electron chi connectivity index (χ1n) is 4.02. The van der Waals surface area contributed by atoms with Crippen LogP contribution in [0.3, 0.4) is 0 Å². The third kappa shape index (κ3) is 1.26. The third-order valence-corrected chi connectivity index (χ3v) is 2.48. The Hall–Kier alpha value is -0.870. The Morgan fingerprint density at radius 3 is 3.15 bits per heavy atom. The maximum Gasteiger partial charge on any atom is 0.163 e. The molecule has 0 unspecified atom stereocenters. The number of rotatable bonds is 1. The Labute approximate surface area is 80.0 Å². The first-order valence-corrected chi connectivity index (χ1v) is 4.40. The van der Waals surface area contributed by atoms with E-state index in [2.05, 4.69) is 4.98 Å². The number of imidazole rings is 1. The summed E-state index contributed by atoms with van der Waals surface area (Å²) >= 11 is 5.70. The molecule has 0 aromatic carbocycles. The molecule has 2 N–H and O–H groups in total. The molecule has 0 fully saturated rings. The summed E-state index contributed by atoms with van der Waals surface area (Å²) in [4.78, 5) is 4.01. The van der Waals surface area contributed by atoms with Gasteiger partial charge in [0.15, 0.2) is 5.83 Å². The normalized spacial score (nSPS) is 16.2. The summed E-state index contributed by atoms with van der Waals surface area (Å²) in [6, 6.07) is 0. The molecule has 5 heteroatoms. The Balaban J connectivity index is 2.58. The molecule has 1 aliphatic rings. The maximum absolute atomic E-state index is 13.5. The van der Waals surface area contributed by atoms with Crippen molar-refractivity contribution >= 4 is 17.4 Å². The third-order valence-electron chi connectivity index (χ3n) is 2.13. The van der Waals surface area contributed by atoms with Gasteiger partial charge in [-0.1, -0.05) is 11.6 Å². The van der Waals surface area contributed by atoms with Crippen LogP contribution >= 0.6 is 11.6 Å². The van der Waals surface area contributed by atoms with Crippen LogP contribution in [0.2, 0.25) is 0 Å². The topological polar surface area (TPSA) is 43.8 Å². The van der Waals surface area contributed by atoms with Gasteiger partial charge >= 0.3 is 0 Å². The van der Waals surface area contributed by atoms with E-state index in [1.165, 1.54) is 0 Å². The summed E-state index contributed by atoms with van der Waals surface area (Å²) in [5, 5.41) is 0.266. The Kier molecular flexibility index (Phi) is 2.09. The van der Waals surface area contributed by atoms with Gasteiger partial charge in [-0.3, -0.25) is 0 Å². The van der Waals surface area contributed by atoms with Gasteiger partial charge < -0.3 is 10.3 Å². The van der Waals surface area contributed by atoms with Gasteiger partial charge in [0.1, 0.15) is 5.69 Å². The molecule has 0 aliphatic carbocycles. The molecule has 2 rings (SSSR count). The molecule has 70 valence electrons. The van der Waals surface area contributed by atoms with Crippen molar-refractivity contribution < 1.29 is 4.39 Å². The van der Waals surface area contributed by atoms with E-state index in [-0.39, 0.29) is 17.4 Å². The fourth-order valence-electron chi connectivity index (χ4n) is 1.45. The highest BCUT2D eigenvalue weighted by atomic mass is 35.5. The van der Waals surface area contributed by atoms with Gasteiger partial charge in [0, 0.05) is 19.5 Å². The van der Waals surface area contributed by atoms with Crippen LogP contribution in [-0.4, -0.2) is 9.55 Å². The lowest BCUT2D eigenvalue weighted by atomic mass is 10.2. The Morgan fingerprint density at radius 2 is 2.46 bits per heavy atom. The van der Waals surface area contributed by atoms with Crippen LogP contribution in [0.15, 0.2) is 11.4 Å². The molecule has 1 aromatic heterocycles. The number of nitrogens with two attached hydrogens (primary N) is 1. The van der Waals surface area contributed by atoms with Crippen molar-refractivity contribution in [2.75, 3.05) is 0 Å². The standard InChI is InChI=1S/C8H9ClFN3/c9-5-1-2-13-4-12-6(3-11)8(13)7(5)10/h4H,1-3,11H2. The van der Waals surface area contributed by atoms with Crippen LogP contribution in [-0.2, 0) is 13.1 Å². The predicted octanol–water partition coefficient (Wildman–Crippen LogP) is 1.62. The second-order valence-electron chi connectivity index (χ2n) is 2.91. The van der Waals surface area contributed by atoms with Crippen LogP contribution in [0.4, 0.5) is 4.39 Å². The molecule has 0 saturated carbocycles. The average molecular weight is 202 g/mol. The molecule has 0 bridgehead atoms. The van der Waals surface area contributed by atoms with Crippen LogP contribution in [0.5, 0.6) is 0 Å². The van der Waals surface area contributed by atoms with E-state index in [4.69, 9.17) is 17.3 Å². The highest BCUT2D eigenvalue weighted by Crippen LogP contribution is 2.31. The summed E-state index contributed by atoms with van der Waals surface area (Å²) in [6.07, 6.45) is 2.13. The van der Waals surface area contributed by atoms with Gasteiger partial charge in [0.2, 0.25) is 0 Å².